The Labute approximate surface area is 306 Å². The maximum absolute atomic E-state index is 5.62. The van der Waals surface area contributed by atoms with E-state index in [0.717, 1.165) is 72.4 Å². The summed E-state index contributed by atoms with van der Waals surface area (Å²) in [5, 5.41) is 0. The van der Waals surface area contributed by atoms with Crippen LogP contribution in [0.4, 0.5) is 5.69 Å². The van der Waals surface area contributed by atoms with Gasteiger partial charge in [0.25, 0.3) is 0 Å². The molecule has 0 atom stereocenters. The summed E-state index contributed by atoms with van der Waals surface area (Å²) in [5.74, 6) is 3.59. The molecule has 1 saturated heterocycles. The van der Waals surface area contributed by atoms with Crippen LogP contribution in [0.15, 0.2) is 85.5 Å². The van der Waals surface area contributed by atoms with Crippen LogP contribution in [0.3, 0.4) is 0 Å². The van der Waals surface area contributed by atoms with Crippen LogP contribution < -0.4 is 33.3 Å². The first-order valence-corrected chi connectivity index (χ1v) is 17.4. The number of aryl methyl sites for hydroxylation is 1. The summed E-state index contributed by atoms with van der Waals surface area (Å²) in [6.45, 7) is 5.64. The summed E-state index contributed by atoms with van der Waals surface area (Å²) in [4.78, 5) is 14.3. The first-order chi connectivity index (χ1) is 25.4. The molecular formula is C42H48N4O6. The smallest absolute Gasteiger partial charge is 0.203 e. The van der Waals surface area contributed by atoms with E-state index < -0.39 is 0 Å². The van der Waals surface area contributed by atoms with Gasteiger partial charge in [0.2, 0.25) is 11.5 Å². The number of nitrogens with zero attached hydrogens (tertiary/aromatic N) is 4. The number of methoxy groups -OCH3 is 6. The molecule has 0 saturated carbocycles. The highest BCUT2D eigenvalue weighted by Gasteiger charge is 2.26. The SMILES string of the molecule is COc1cc(-c2cncc(CN3CCC(N(Cc4cncc(-c5cc(OC)c(OC)c(OC)c5)c4)c4ccc(C)cc4)CC3)c2)cc(OC)c1OC. The van der Waals surface area contributed by atoms with Crippen molar-refractivity contribution in [3.63, 3.8) is 0 Å². The fourth-order valence-electron chi connectivity index (χ4n) is 6.97. The molecule has 10 nitrogen and oxygen atoms in total. The highest BCUT2D eigenvalue weighted by atomic mass is 16.5. The number of piperidine rings is 1. The van der Waals surface area contributed by atoms with E-state index in [0.29, 0.717) is 40.5 Å². The maximum atomic E-state index is 5.62. The van der Waals surface area contributed by atoms with Crippen LogP contribution in [-0.2, 0) is 13.1 Å². The van der Waals surface area contributed by atoms with Crippen molar-refractivity contribution < 1.29 is 28.4 Å². The van der Waals surface area contributed by atoms with E-state index in [1.54, 1.807) is 42.7 Å². The summed E-state index contributed by atoms with van der Waals surface area (Å²) in [7, 11) is 9.75. The second-order valence-electron chi connectivity index (χ2n) is 13.0. The fraction of sp³-hybridized carbons (Fsp3) is 0.333. The number of ether oxygens (including phenoxy) is 6. The zero-order valence-corrected chi connectivity index (χ0v) is 31.1. The summed E-state index contributed by atoms with van der Waals surface area (Å²) < 4.78 is 33.5. The standard InChI is InChI=1S/C42H48N4O6/c1-28-8-10-35(11-9-28)46(27-30-17-34(25-44-23-30)32-20-39(49-4)42(52-7)40(21-32)50-5)36-12-14-45(15-13-36)26-29-16-33(24-43-22-29)31-18-37(47-2)41(51-6)38(19-31)48-3/h8-11,16-25,36H,12-15,26-27H2,1-7H3. The number of hydrogen-bond acceptors (Lipinski definition) is 10. The van der Waals surface area contributed by atoms with E-state index in [4.69, 9.17) is 28.4 Å². The lowest BCUT2D eigenvalue weighted by molar-refractivity contribution is 0.200. The van der Waals surface area contributed by atoms with E-state index in [-0.39, 0.29) is 0 Å². The molecule has 0 unspecified atom stereocenters. The van der Waals surface area contributed by atoms with Crippen molar-refractivity contribution in [2.24, 2.45) is 0 Å². The van der Waals surface area contributed by atoms with Crippen LogP contribution in [0.1, 0.15) is 29.5 Å². The van der Waals surface area contributed by atoms with Crippen LogP contribution in [0.5, 0.6) is 34.5 Å². The first kappa shape index (κ1) is 36.3. The second-order valence-corrected chi connectivity index (χ2v) is 13.0. The molecule has 0 bridgehead atoms. The van der Waals surface area contributed by atoms with E-state index in [1.165, 1.54) is 11.3 Å². The van der Waals surface area contributed by atoms with Gasteiger partial charge in [0.15, 0.2) is 23.0 Å². The average molecular weight is 705 g/mol. The Morgan fingerprint density at radius 2 is 1.04 bits per heavy atom. The molecule has 0 radical (unpaired) electrons. The zero-order chi connectivity index (χ0) is 36.6. The molecule has 1 fully saturated rings. The molecule has 0 spiro atoms. The molecule has 5 aromatic rings. The molecule has 2 aromatic heterocycles. The van der Waals surface area contributed by atoms with Gasteiger partial charge in [-0.25, -0.2) is 0 Å². The molecule has 0 amide bonds. The van der Waals surface area contributed by atoms with Crippen molar-refractivity contribution in [2.45, 2.75) is 38.9 Å². The van der Waals surface area contributed by atoms with Crippen LogP contribution in [0.25, 0.3) is 22.3 Å². The minimum atomic E-state index is 0.368. The Kier molecular flexibility index (Phi) is 11.7. The molecular weight excluding hydrogens is 656 g/mol. The predicted molar refractivity (Wildman–Crippen MR) is 204 cm³/mol. The number of aromatic nitrogens is 2. The van der Waals surface area contributed by atoms with Crippen molar-refractivity contribution in [3.8, 4) is 56.8 Å². The summed E-state index contributed by atoms with van der Waals surface area (Å²) in [5.41, 5.74) is 8.63. The molecule has 3 heterocycles. The molecule has 6 rings (SSSR count). The predicted octanol–water partition coefficient (Wildman–Crippen LogP) is 7.84. The highest BCUT2D eigenvalue weighted by Crippen LogP contribution is 2.42. The van der Waals surface area contributed by atoms with Crippen molar-refractivity contribution in [1.29, 1.82) is 0 Å². The largest absolute Gasteiger partial charge is 0.493 e. The van der Waals surface area contributed by atoms with Gasteiger partial charge in [-0.1, -0.05) is 17.7 Å². The van der Waals surface area contributed by atoms with Gasteiger partial charge in [-0.2, -0.15) is 0 Å². The number of likely N-dealkylation sites (tertiary alicyclic amines) is 1. The Hall–Kier alpha value is -5.48. The highest BCUT2D eigenvalue weighted by molar-refractivity contribution is 5.72. The van der Waals surface area contributed by atoms with E-state index in [2.05, 4.69) is 63.1 Å². The van der Waals surface area contributed by atoms with Gasteiger partial charge in [0, 0.05) is 73.8 Å². The first-order valence-electron chi connectivity index (χ1n) is 17.4. The zero-order valence-electron chi connectivity index (χ0n) is 31.1. The quantitative estimate of drug-likeness (QED) is 0.114. The lowest BCUT2D eigenvalue weighted by Crippen LogP contribution is -2.44. The third kappa shape index (κ3) is 8.02. The Morgan fingerprint density at radius 1 is 0.577 bits per heavy atom. The van der Waals surface area contributed by atoms with Gasteiger partial charge in [-0.15, -0.1) is 0 Å². The van der Waals surface area contributed by atoms with Gasteiger partial charge in [0.1, 0.15) is 0 Å². The van der Waals surface area contributed by atoms with Gasteiger partial charge in [-0.3, -0.25) is 14.9 Å². The van der Waals surface area contributed by atoms with Crippen molar-refractivity contribution >= 4 is 5.69 Å². The molecule has 0 N–H and O–H groups in total. The lowest BCUT2D eigenvalue weighted by Gasteiger charge is -2.40. The molecule has 0 aliphatic carbocycles. The van der Waals surface area contributed by atoms with Crippen LogP contribution in [0, 0.1) is 6.92 Å². The van der Waals surface area contributed by atoms with Gasteiger partial charge in [-0.05, 0) is 90.6 Å². The van der Waals surface area contributed by atoms with Gasteiger partial charge >= 0.3 is 0 Å². The maximum Gasteiger partial charge on any atom is 0.203 e. The fourth-order valence-corrected chi connectivity index (χ4v) is 6.97. The molecule has 10 heteroatoms. The minimum absolute atomic E-state index is 0.368. The normalized spacial score (nSPS) is 13.4. The Bertz CT molecular complexity index is 1910. The molecule has 272 valence electrons. The lowest BCUT2D eigenvalue weighted by atomic mass is 9.99. The second kappa shape index (κ2) is 16.7. The van der Waals surface area contributed by atoms with Crippen molar-refractivity contribution in [1.82, 2.24) is 14.9 Å². The van der Waals surface area contributed by atoms with E-state index >= 15 is 0 Å². The minimum Gasteiger partial charge on any atom is -0.493 e. The number of hydrogen-bond donors (Lipinski definition) is 0. The summed E-state index contributed by atoms with van der Waals surface area (Å²) in [6, 6.07) is 21.5. The third-order valence-corrected chi connectivity index (χ3v) is 9.71. The molecule has 52 heavy (non-hydrogen) atoms. The summed E-state index contributed by atoms with van der Waals surface area (Å²) >= 11 is 0. The Balaban J connectivity index is 1.19. The van der Waals surface area contributed by atoms with Crippen LogP contribution in [0.2, 0.25) is 0 Å². The molecule has 1 aliphatic rings. The van der Waals surface area contributed by atoms with Crippen molar-refractivity contribution in [3.05, 3.63) is 102 Å². The molecule has 3 aromatic carbocycles. The molecule has 1 aliphatic heterocycles. The topological polar surface area (TPSA) is 87.6 Å². The summed E-state index contributed by atoms with van der Waals surface area (Å²) in [6.07, 6.45) is 9.75. The monoisotopic (exact) mass is 704 g/mol. The van der Waals surface area contributed by atoms with E-state index in [9.17, 15) is 0 Å². The average Bonchev–Trinajstić information content (AvgIpc) is 3.19. The van der Waals surface area contributed by atoms with Crippen molar-refractivity contribution in [2.75, 3.05) is 60.6 Å². The number of anilines is 1. The number of pyridine rings is 2. The number of benzene rings is 3. The van der Waals surface area contributed by atoms with E-state index in [1.807, 2.05) is 49.1 Å². The van der Waals surface area contributed by atoms with Crippen LogP contribution >= 0.6 is 0 Å². The van der Waals surface area contributed by atoms with Gasteiger partial charge < -0.3 is 33.3 Å². The number of rotatable bonds is 14. The third-order valence-electron chi connectivity index (χ3n) is 9.71. The van der Waals surface area contributed by atoms with Crippen LogP contribution in [-0.4, -0.2) is 76.7 Å². The Morgan fingerprint density at radius 3 is 1.50 bits per heavy atom. The van der Waals surface area contributed by atoms with Gasteiger partial charge in [0.05, 0.1) is 42.7 Å².